The molecule has 0 spiro atoms. The van der Waals surface area contributed by atoms with E-state index in [9.17, 15) is 14.4 Å². The average molecular weight is 399 g/mol. The maximum absolute atomic E-state index is 12.8. The molecule has 0 saturated heterocycles. The molecule has 0 radical (unpaired) electrons. The number of nitrogens with zero attached hydrogens (tertiary/aromatic N) is 1. The number of hydrogen-bond acceptors (Lipinski definition) is 3. The third-order valence-corrected chi connectivity index (χ3v) is 6.37. The number of hydrogen-bond donors (Lipinski definition) is 1. The van der Waals surface area contributed by atoms with Crippen LogP contribution in [0.15, 0.2) is 24.3 Å². The van der Waals surface area contributed by atoms with Crippen LogP contribution in [0.2, 0.25) is 0 Å². The first-order valence-electron chi connectivity index (χ1n) is 11.4. The lowest BCUT2D eigenvalue weighted by atomic mass is 9.78. The fourth-order valence-corrected chi connectivity index (χ4v) is 4.66. The van der Waals surface area contributed by atoms with Crippen LogP contribution >= 0.6 is 0 Å². The third kappa shape index (κ3) is 5.26. The first kappa shape index (κ1) is 21.5. The van der Waals surface area contributed by atoms with Gasteiger partial charge in [-0.2, -0.15) is 0 Å². The van der Waals surface area contributed by atoms with E-state index >= 15 is 0 Å². The summed E-state index contributed by atoms with van der Waals surface area (Å²) >= 11 is 0. The number of rotatable bonds is 10. The summed E-state index contributed by atoms with van der Waals surface area (Å²) in [5.41, 5.74) is 0.967. The number of benzene rings is 1. The van der Waals surface area contributed by atoms with Crippen LogP contribution in [0.5, 0.6) is 0 Å². The van der Waals surface area contributed by atoms with Crippen LogP contribution < -0.4 is 5.32 Å². The molecule has 3 amide bonds. The second kappa shape index (κ2) is 10.6. The summed E-state index contributed by atoms with van der Waals surface area (Å²) in [6, 6.07) is 6.99. The maximum Gasteiger partial charge on any atom is 0.261 e. The highest BCUT2D eigenvalue weighted by atomic mass is 16.2. The molecule has 1 aliphatic carbocycles. The molecule has 0 bridgehead atoms. The Morgan fingerprint density at radius 2 is 1.59 bits per heavy atom. The minimum absolute atomic E-state index is 0.0514. The van der Waals surface area contributed by atoms with Crippen LogP contribution in [-0.4, -0.2) is 35.7 Å². The van der Waals surface area contributed by atoms with E-state index < -0.39 is 0 Å². The topological polar surface area (TPSA) is 66.5 Å². The lowest BCUT2D eigenvalue weighted by molar-refractivity contribution is -0.128. The number of carbonyl (C=O) groups excluding carboxylic acids is 3. The summed E-state index contributed by atoms with van der Waals surface area (Å²) in [5.74, 6) is -0.395. The van der Waals surface area contributed by atoms with Crippen LogP contribution in [0.25, 0.3) is 0 Å². The molecule has 1 saturated carbocycles. The van der Waals surface area contributed by atoms with Gasteiger partial charge in [-0.15, -0.1) is 0 Å². The second-order valence-corrected chi connectivity index (χ2v) is 8.48. The summed E-state index contributed by atoms with van der Waals surface area (Å²) in [6.45, 7) is 3.28. The zero-order valence-electron chi connectivity index (χ0n) is 17.6. The number of imide groups is 1. The predicted molar refractivity (Wildman–Crippen MR) is 114 cm³/mol. The molecule has 3 rings (SSSR count). The van der Waals surface area contributed by atoms with Gasteiger partial charge in [0, 0.05) is 19.0 Å². The minimum Gasteiger partial charge on any atom is -0.356 e. The zero-order valence-corrected chi connectivity index (χ0v) is 17.6. The highest BCUT2D eigenvalue weighted by Crippen LogP contribution is 2.33. The Morgan fingerprint density at radius 3 is 2.28 bits per heavy atom. The standard InChI is InChI=1S/C24H34N2O3/c1-2-3-4-5-6-11-16-25-22(27)19-13-8-7-12-18(19)17-26-23(28)20-14-9-10-15-21(20)24(26)29/h9-10,14-15,18-19H,2-8,11-13,16-17H2,1H3,(H,25,27). The Balaban J connectivity index is 1.52. The van der Waals surface area contributed by atoms with Crippen LogP contribution in [0.1, 0.15) is 91.8 Å². The van der Waals surface area contributed by atoms with Crippen LogP contribution in [0.3, 0.4) is 0 Å². The van der Waals surface area contributed by atoms with Crippen molar-refractivity contribution in [2.75, 3.05) is 13.1 Å². The molecule has 2 unspecified atom stereocenters. The van der Waals surface area contributed by atoms with Gasteiger partial charge in [0.25, 0.3) is 11.8 Å². The van der Waals surface area contributed by atoms with E-state index in [1.165, 1.54) is 30.6 Å². The molecule has 5 heteroatoms. The molecule has 29 heavy (non-hydrogen) atoms. The molecule has 1 aliphatic heterocycles. The number of unbranched alkanes of at least 4 members (excludes halogenated alkanes) is 5. The average Bonchev–Trinajstić information content (AvgIpc) is 2.98. The highest BCUT2D eigenvalue weighted by molar-refractivity contribution is 6.21. The number of nitrogens with one attached hydrogen (secondary N) is 1. The largest absolute Gasteiger partial charge is 0.356 e. The molecule has 158 valence electrons. The Bertz CT molecular complexity index is 696. The van der Waals surface area contributed by atoms with Gasteiger partial charge in [0.05, 0.1) is 11.1 Å². The number of fused-ring (bicyclic) bond motifs is 1. The van der Waals surface area contributed by atoms with Gasteiger partial charge in [-0.3, -0.25) is 19.3 Å². The Morgan fingerprint density at radius 1 is 0.966 bits per heavy atom. The molecule has 1 fully saturated rings. The van der Waals surface area contributed by atoms with Gasteiger partial charge in [-0.1, -0.05) is 64.0 Å². The first-order chi connectivity index (χ1) is 14.1. The first-order valence-corrected chi connectivity index (χ1v) is 11.4. The van der Waals surface area contributed by atoms with Crippen molar-refractivity contribution in [2.45, 2.75) is 71.1 Å². The quantitative estimate of drug-likeness (QED) is 0.464. The van der Waals surface area contributed by atoms with E-state index in [4.69, 9.17) is 0 Å². The predicted octanol–water partition coefficient (Wildman–Crippen LogP) is 4.57. The van der Waals surface area contributed by atoms with Crippen molar-refractivity contribution in [1.82, 2.24) is 10.2 Å². The molecular weight excluding hydrogens is 364 g/mol. The van der Waals surface area contributed by atoms with Crippen molar-refractivity contribution in [1.29, 1.82) is 0 Å². The van der Waals surface area contributed by atoms with Gasteiger partial charge < -0.3 is 5.32 Å². The maximum atomic E-state index is 12.8. The molecule has 1 heterocycles. The number of amides is 3. The van der Waals surface area contributed by atoms with Crippen LogP contribution in [0, 0.1) is 11.8 Å². The normalized spacial score (nSPS) is 21.3. The van der Waals surface area contributed by atoms with Gasteiger partial charge in [0.1, 0.15) is 0 Å². The number of carbonyl (C=O) groups is 3. The summed E-state index contributed by atoms with van der Waals surface area (Å²) in [6.07, 6.45) is 11.0. The van der Waals surface area contributed by atoms with Gasteiger partial charge in [-0.25, -0.2) is 0 Å². The molecular formula is C24H34N2O3. The Labute approximate surface area is 174 Å². The molecule has 1 aromatic rings. The second-order valence-electron chi connectivity index (χ2n) is 8.48. The zero-order chi connectivity index (χ0) is 20.6. The summed E-state index contributed by atoms with van der Waals surface area (Å²) in [5, 5.41) is 3.11. The van der Waals surface area contributed by atoms with Crippen molar-refractivity contribution in [3.63, 3.8) is 0 Å². The van der Waals surface area contributed by atoms with Crippen molar-refractivity contribution in [3.8, 4) is 0 Å². The molecule has 1 N–H and O–H groups in total. The summed E-state index contributed by atoms with van der Waals surface area (Å²) < 4.78 is 0. The fraction of sp³-hybridized carbons (Fsp3) is 0.625. The minimum atomic E-state index is -0.220. The molecule has 1 aromatic carbocycles. The van der Waals surface area contributed by atoms with E-state index in [2.05, 4.69) is 12.2 Å². The van der Waals surface area contributed by atoms with Gasteiger partial charge >= 0.3 is 0 Å². The SMILES string of the molecule is CCCCCCCCNC(=O)C1CCCCC1CN1C(=O)c2ccccc2C1=O. The van der Waals surface area contributed by atoms with Crippen molar-refractivity contribution < 1.29 is 14.4 Å². The Kier molecular flexibility index (Phi) is 7.84. The summed E-state index contributed by atoms with van der Waals surface area (Å²) in [4.78, 5) is 39.5. The monoisotopic (exact) mass is 398 g/mol. The molecule has 2 aliphatic rings. The molecule has 5 nitrogen and oxygen atoms in total. The van der Waals surface area contributed by atoms with E-state index in [1.54, 1.807) is 24.3 Å². The van der Waals surface area contributed by atoms with E-state index in [0.717, 1.165) is 45.1 Å². The van der Waals surface area contributed by atoms with E-state index in [0.29, 0.717) is 17.7 Å². The molecule has 0 aromatic heterocycles. The lowest BCUT2D eigenvalue weighted by Gasteiger charge is -2.32. The van der Waals surface area contributed by atoms with Crippen molar-refractivity contribution in [3.05, 3.63) is 35.4 Å². The third-order valence-electron chi connectivity index (χ3n) is 6.37. The molecule has 2 atom stereocenters. The lowest BCUT2D eigenvalue weighted by Crippen LogP contribution is -2.43. The van der Waals surface area contributed by atoms with Crippen molar-refractivity contribution in [2.24, 2.45) is 11.8 Å². The van der Waals surface area contributed by atoms with Gasteiger partial charge in [0.15, 0.2) is 0 Å². The van der Waals surface area contributed by atoms with E-state index in [-0.39, 0.29) is 29.6 Å². The van der Waals surface area contributed by atoms with Gasteiger partial charge in [-0.05, 0) is 37.3 Å². The van der Waals surface area contributed by atoms with Crippen LogP contribution in [0.4, 0.5) is 0 Å². The van der Waals surface area contributed by atoms with Gasteiger partial charge in [0.2, 0.25) is 5.91 Å². The summed E-state index contributed by atoms with van der Waals surface area (Å²) in [7, 11) is 0. The van der Waals surface area contributed by atoms with E-state index in [1.807, 2.05) is 0 Å². The highest BCUT2D eigenvalue weighted by Gasteiger charge is 2.39. The fourth-order valence-electron chi connectivity index (χ4n) is 4.66. The van der Waals surface area contributed by atoms with Crippen LogP contribution in [-0.2, 0) is 4.79 Å². The smallest absolute Gasteiger partial charge is 0.261 e. The Hall–Kier alpha value is -2.17. The van der Waals surface area contributed by atoms with Crippen molar-refractivity contribution >= 4 is 17.7 Å².